The van der Waals surface area contributed by atoms with E-state index in [4.69, 9.17) is 4.99 Å². The first-order valence-corrected chi connectivity index (χ1v) is 15.5. The van der Waals surface area contributed by atoms with Crippen LogP contribution in [0.1, 0.15) is 0 Å². The van der Waals surface area contributed by atoms with Gasteiger partial charge < -0.3 is 0 Å². The number of ketones is 1. The van der Waals surface area contributed by atoms with E-state index in [2.05, 4.69) is 67.6 Å². The quantitative estimate of drug-likeness (QED) is 0.203. The summed E-state index contributed by atoms with van der Waals surface area (Å²) >= 11 is 9.69. The number of hydrogen-bond acceptors (Lipinski definition) is 3. The molecule has 4 rings (SSSR count). The number of aromatic hydroxyl groups is 1. The number of allylic oxidation sites excluding steroid dienone is 5. The summed E-state index contributed by atoms with van der Waals surface area (Å²) in [5, 5.41) is 13.1. The van der Waals surface area contributed by atoms with Gasteiger partial charge in [-0.1, -0.05) is 0 Å². The van der Waals surface area contributed by atoms with E-state index in [1.54, 1.807) is 18.2 Å². The van der Waals surface area contributed by atoms with Crippen molar-refractivity contribution in [1.29, 1.82) is 0 Å². The number of benzene rings is 1. The number of aliphatic imine (C=N–C) groups is 1. The number of phenols is 1. The molecule has 2 aliphatic rings. The molecule has 0 bridgehead atoms. The average Bonchev–Trinajstić information content (AvgIpc) is 2.91. The number of hydrogen-bond donors (Lipinski definition) is 1. The molecule has 0 spiro atoms. The number of carbonyl (C=O) groups excluding carboxylic acids is 1. The van der Waals surface area contributed by atoms with Crippen LogP contribution in [-0.2, 0) is 4.79 Å². The fourth-order valence-corrected chi connectivity index (χ4v) is 13.6. The predicted octanol–water partition coefficient (Wildman–Crippen LogP) is 5.41. The van der Waals surface area contributed by atoms with Crippen LogP contribution in [-0.4, -0.2) is 39.2 Å². The fourth-order valence-electron chi connectivity index (χ4n) is 3.81. The molecule has 0 saturated carbocycles. The van der Waals surface area contributed by atoms with Crippen molar-refractivity contribution in [2.24, 2.45) is 4.99 Å². The van der Waals surface area contributed by atoms with E-state index < -0.39 is 8.07 Å². The van der Waals surface area contributed by atoms with Gasteiger partial charge in [-0.15, -0.1) is 0 Å². The van der Waals surface area contributed by atoms with Gasteiger partial charge in [0.1, 0.15) is 0 Å². The Morgan fingerprint density at radius 1 is 1.36 bits per heavy atom. The van der Waals surface area contributed by atoms with E-state index in [0.717, 1.165) is 49.2 Å². The first-order chi connectivity index (χ1) is 13.3. The molecule has 1 N–H and O–H groups in total. The number of rotatable bonds is 3. The van der Waals surface area contributed by atoms with Crippen molar-refractivity contribution in [2.75, 3.05) is 0 Å². The second-order valence-electron chi connectivity index (χ2n) is 6.80. The Kier molecular flexibility index (Phi) is 5.65. The Labute approximate surface area is 200 Å². The van der Waals surface area contributed by atoms with Crippen LogP contribution in [0.4, 0.5) is 5.69 Å². The van der Waals surface area contributed by atoms with Crippen LogP contribution in [0.2, 0.25) is 12.6 Å². The van der Waals surface area contributed by atoms with E-state index in [-0.39, 0.29) is 26.0 Å². The van der Waals surface area contributed by atoms with Gasteiger partial charge in [0.15, 0.2) is 0 Å². The van der Waals surface area contributed by atoms with Crippen molar-refractivity contribution >= 4 is 99.4 Å². The van der Waals surface area contributed by atoms with Crippen LogP contribution in [0.3, 0.4) is 0 Å². The third-order valence-corrected chi connectivity index (χ3v) is 17.2. The summed E-state index contributed by atoms with van der Waals surface area (Å²) in [5.41, 5.74) is 2.64. The molecule has 0 fully saturated rings. The SMILES string of the molecule is C=CC[Si]1(C)C2=CC(=O)C=CC2=Nc2ccc(O)c(-c3[se]c(Br)c(Br)c3I)c21. The zero-order chi connectivity index (χ0) is 20.2. The van der Waals surface area contributed by atoms with Crippen LogP contribution in [0, 0.1) is 3.57 Å². The van der Waals surface area contributed by atoms with Gasteiger partial charge in [-0.3, -0.25) is 0 Å². The second kappa shape index (κ2) is 7.63. The molecule has 2 heterocycles. The van der Waals surface area contributed by atoms with Gasteiger partial charge in [-0.05, 0) is 0 Å². The molecule has 1 unspecified atom stereocenters. The summed E-state index contributed by atoms with van der Waals surface area (Å²) in [4.78, 5) is 17.0. The van der Waals surface area contributed by atoms with Crippen molar-refractivity contribution in [3.63, 3.8) is 0 Å². The van der Waals surface area contributed by atoms with Gasteiger partial charge in [-0.25, -0.2) is 0 Å². The monoisotopic (exact) mass is 693 g/mol. The summed E-state index contributed by atoms with van der Waals surface area (Å²) < 4.78 is 4.41. The third kappa shape index (κ3) is 3.16. The number of halogens is 3. The molecule has 3 nitrogen and oxygen atoms in total. The normalized spacial score (nSPS) is 20.4. The Morgan fingerprint density at radius 3 is 2.75 bits per heavy atom. The zero-order valence-electron chi connectivity index (χ0n) is 14.7. The summed E-state index contributed by atoms with van der Waals surface area (Å²) in [6, 6.07) is 4.40. The van der Waals surface area contributed by atoms with Crippen molar-refractivity contribution in [2.45, 2.75) is 12.6 Å². The molecule has 142 valence electrons. The van der Waals surface area contributed by atoms with E-state index >= 15 is 0 Å². The van der Waals surface area contributed by atoms with E-state index in [1.807, 2.05) is 18.2 Å². The van der Waals surface area contributed by atoms with E-state index in [1.165, 1.54) is 0 Å². The molecular formula is C20H14Br2INO2SeSi. The van der Waals surface area contributed by atoms with Crippen LogP contribution >= 0.6 is 54.5 Å². The van der Waals surface area contributed by atoms with Gasteiger partial charge in [0, 0.05) is 0 Å². The fraction of sp³-hybridized carbons (Fsp3) is 0.100. The third-order valence-electron chi connectivity index (χ3n) is 5.05. The Balaban J connectivity index is 2.12. The van der Waals surface area contributed by atoms with Gasteiger partial charge >= 0.3 is 202 Å². The van der Waals surface area contributed by atoms with E-state index in [9.17, 15) is 9.90 Å². The van der Waals surface area contributed by atoms with Crippen LogP contribution in [0.25, 0.3) is 10.0 Å². The van der Waals surface area contributed by atoms with Crippen molar-refractivity contribution in [1.82, 2.24) is 0 Å². The molecule has 1 atom stereocenters. The molecule has 2 aromatic rings. The maximum absolute atomic E-state index is 12.2. The maximum atomic E-state index is 12.2. The predicted molar refractivity (Wildman–Crippen MR) is 134 cm³/mol. The average molecular weight is 694 g/mol. The van der Waals surface area contributed by atoms with Gasteiger partial charge in [-0.2, -0.15) is 0 Å². The first kappa shape index (κ1) is 20.7. The molecule has 28 heavy (non-hydrogen) atoms. The molecular weight excluding hydrogens is 680 g/mol. The molecule has 0 saturated heterocycles. The van der Waals surface area contributed by atoms with Crippen LogP contribution < -0.4 is 5.19 Å². The minimum atomic E-state index is -2.37. The summed E-state index contributed by atoms with van der Waals surface area (Å²) in [7, 11) is -2.37. The number of fused-ring (bicyclic) bond motifs is 2. The van der Waals surface area contributed by atoms with Crippen LogP contribution in [0.5, 0.6) is 5.75 Å². The van der Waals surface area contributed by atoms with Crippen LogP contribution in [0.15, 0.2) is 61.0 Å². The molecule has 1 aliphatic heterocycles. The Bertz CT molecular complexity index is 1150. The zero-order valence-corrected chi connectivity index (χ0v) is 22.8. The Morgan fingerprint density at radius 2 is 2.11 bits per heavy atom. The molecule has 0 radical (unpaired) electrons. The van der Waals surface area contributed by atoms with Crippen molar-refractivity contribution < 1.29 is 9.90 Å². The van der Waals surface area contributed by atoms with Crippen molar-refractivity contribution in [3.05, 3.63) is 59.6 Å². The van der Waals surface area contributed by atoms with Gasteiger partial charge in [0.05, 0.1) is 0 Å². The summed E-state index contributed by atoms with van der Waals surface area (Å²) in [5.74, 6) is 0.264. The summed E-state index contributed by atoms with van der Waals surface area (Å²) in [6.07, 6.45) is 7.05. The minimum absolute atomic E-state index is 0.00655. The van der Waals surface area contributed by atoms with Gasteiger partial charge in [0.2, 0.25) is 0 Å². The first-order valence-electron chi connectivity index (χ1n) is 8.42. The molecule has 0 amide bonds. The number of nitrogens with zero attached hydrogens (tertiary/aromatic N) is 1. The standard InChI is InChI=1S/C20H14Br2INO2SeSi/c1-3-8-28(2)14-9-10(25)4-5-11(14)24-12-6-7-13(26)15(19(12)28)18-17(23)16(21)20(22)27-18/h3-7,9,26H,1,8H2,2H3. The Hall–Kier alpha value is -0.514. The topological polar surface area (TPSA) is 49.7 Å². The summed E-state index contributed by atoms with van der Waals surface area (Å²) in [6.45, 7) is 6.23. The molecule has 1 aromatic carbocycles. The molecule has 8 heteroatoms. The number of phenolic OH excluding ortho intramolecular Hbond substituents is 1. The molecule has 1 aliphatic carbocycles. The number of carbonyl (C=O) groups is 1. The molecule has 1 aromatic heterocycles. The van der Waals surface area contributed by atoms with E-state index in [0.29, 0.717) is 0 Å². The second-order valence-corrected chi connectivity index (χ2v) is 16.9. The van der Waals surface area contributed by atoms with Crippen molar-refractivity contribution in [3.8, 4) is 15.8 Å². The van der Waals surface area contributed by atoms with Gasteiger partial charge in [0.25, 0.3) is 0 Å².